The minimum Gasteiger partial charge on any atom is -0.357 e. The van der Waals surface area contributed by atoms with Gasteiger partial charge in [-0.2, -0.15) is 17.5 Å². The lowest BCUT2D eigenvalue weighted by Crippen LogP contribution is -2.46. The van der Waals surface area contributed by atoms with Crippen LogP contribution >= 0.6 is 0 Å². The normalized spacial score (nSPS) is 18.6. The highest BCUT2D eigenvalue weighted by molar-refractivity contribution is 7.90. The Morgan fingerprint density at radius 1 is 1.11 bits per heavy atom. The Morgan fingerprint density at radius 2 is 1.70 bits per heavy atom. The first kappa shape index (κ1) is 24.0. The van der Waals surface area contributed by atoms with Crippen molar-refractivity contribution < 1.29 is 21.6 Å². The Labute approximate surface area is 160 Å². The van der Waals surface area contributed by atoms with Gasteiger partial charge in [-0.3, -0.25) is 4.99 Å². The van der Waals surface area contributed by atoms with Crippen molar-refractivity contribution in [2.45, 2.75) is 51.6 Å². The summed E-state index contributed by atoms with van der Waals surface area (Å²) < 4.78 is 61.2. The molecule has 0 radical (unpaired) electrons. The first-order valence-corrected chi connectivity index (χ1v) is 10.6. The molecule has 3 N–H and O–H groups in total. The molecule has 1 fully saturated rings. The van der Waals surface area contributed by atoms with Gasteiger partial charge in [0.05, 0.1) is 0 Å². The maximum absolute atomic E-state index is 12.6. The molecule has 0 aromatic heterocycles. The molecule has 11 heteroatoms. The summed E-state index contributed by atoms with van der Waals surface area (Å²) in [7, 11) is -5.22. The molecule has 0 unspecified atom stereocenters. The van der Waals surface area contributed by atoms with Crippen molar-refractivity contribution >= 4 is 16.0 Å². The molecular formula is C16H32F3N5O2S. The van der Waals surface area contributed by atoms with Gasteiger partial charge in [0, 0.05) is 44.8 Å². The molecule has 1 aliphatic heterocycles. The molecule has 1 aliphatic rings. The molecule has 0 amide bonds. The molecule has 1 saturated heterocycles. The third kappa shape index (κ3) is 8.22. The number of hydrogen-bond acceptors (Lipinski definition) is 4. The van der Waals surface area contributed by atoms with Crippen LogP contribution in [0.3, 0.4) is 0 Å². The zero-order valence-corrected chi connectivity index (χ0v) is 17.3. The fraction of sp³-hybridized carbons (Fsp3) is 0.938. The standard InChI is InChI=1S/C16H32F3N5O2S/c1-5-20-14(21-8-9-23-15(2,3)4)22-12-13-6-10-24(11-7-13)27(25,26)16(17,18)19/h13,23H,5-12H2,1-4H3,(H2,20,21,22). The number of nitrogens with zero attached hydrogens (tertiary/aromatic N) is 2. The van der Waals surface area contributed by atoms with Crippen LogP contribution in [-0.4, -0.2) is 69.0 Å². The summed E-state index contributed by atoms with van der Waals surface area (Å²) >= 11 is 0. The molecule has 1 heterocycles. The van der Waals surface area contributed by atoms with E-state index in [9.17, 15) is 21.6 Å². The van der Waals surface area contributed by atoms with Crippen LogP contribution in [-0.2, 0) is 10.0 Å². The van der Waals surface area contributed by atoms with Crippen molar-refractivity contribution in [1.29, 1.82) is 0 Å². The van der Waals surface area contributed by atoms with E-state index in [0.29, 0.717) is 42.7 Å². The van der Waals surface area contributed by atoms with Crippen LogP contribution in [0.15, 0.2) is 4.99 Å². The quantitative estimate of drug-likeness (QED) is 0.333. The molecule has 0 aromatic rings. The van der Waals surface area contributed by atoms with E-state index in [4.69, 9.17) is 0 Å². The molecule has 0 spiro atoms. The lowest BCUT2D eigenvalue weighted by Gasteiger charge is -2.31. The summed E-state index contributed by atoms with van der Waals surface area (Å²) in [5.41, 5.74) is -5.21. The highest BCUT2D eigenvalue weighted by Gasteiger charge is 2.50. The van der Waals surface area contributed by atoms with Crippen molar-refractivity contribution in [3.8, 4) is 0 Å². The smallest absolute Gasteiger partial charge is 0.357 e. The average molecular weight is 416 g/mol. The monoisotopic (exact) mass is 415 g/mol. The molecule has 0 saturated carbocycles. The number of guanidine groups is 1. The maximum Gasteiger partial charge on any atom is 0.511 e. The predicted octanol–water partition coefficient (Wildman–Crippen LogP) is 1.49. The predicted molar refractivity (Wildman–Crippen MR) is 101 cm³/mol. The Morgan fingerprint density at radius 3 is 2.19 bits per heavy atom. The maximum atomic E-state index is 12.6. The summed E-state index contributed by atoms with van der Waals surface area (Å²) in [6, 6.07) is 0. The van der Waals surface area contributed by atoms with Crippen LogP contribution in [0.2, 0.25) is 0 Å². The van der Waals surface area contributed by atoms with Crippen molar-refractivity contribution in [2.75, 3.05) is 39.3 Å². The van der Waals surface area contributed by atoms with E-state index >= 15 is 0 Å². The van der Waals surface area contributed by atoms with Gasteiger partial charge in [0.25, 0.3) is 0 Å². The van der Waals surface area contributed by atoms with E-state index < -0.39 is 15.5 Å². The number of halogens is 3. The summed E-state index contributed by atoms with van der Waals surface area (Å²) in [5, 5.41) is 9.69. The topological polar surface area (TPSA) is 85.8 Å². The Kier molecular flexibility index (Phi) is 8.81. The summed E-state index contributed by atoms with van der Waals surface area (Å²) in [6.45, 7) is 10.5. The summed E-state index contributed by atoms with van der Waals surface area (Å²) in [6.07, 6.45) is 0.730. The van der Waals surface area contributed by atoms with Gasteiger partial charge in [0.1, 0.15) is 0 Å². The first-order valence-electron chi connectivity index (χ1n) is 9.20. The number of aliphatic imine (C=N–C) groups is 1. The first-order chi connectivity index (χ1) is 12.4. The molecule has 7 nitrogen and oxygen atoms in total. The second-order valence-corrected chi connectivity index (χ2v) is 9.55. The van der Waals surface area contributed by atoms with Crippen molar-refractivity contribution in [3.63, 3.8) is 0 Å². The van der Waals surface area contributed by atoms with Gasteiger partial charge in [0.15, 0.2) is 5.96 Å². The number of piperidine rings is 1. The highest BCUT2D eigenvalue weighted by atomic mass is 32.2. The Hall–Kier alpha value is -1.07. The highest BCUT2D eigenvalue weighted by Crippen LogP contribution is 2.30. The van der Waals surface area contributed by atoms with E-state index in [-0.39, 0.29) is 24.5 Å². The molecule has 27 heavy (non-hydrogen) atoms. The van der Waals surface area contributed by atoms with Crippen LogP contribution in [0.4, 0.5) is 13.2 Å². The van der Waals surface area contributed by atoms with Crippen molar-refractivity contribution in [1.82, 2.24) is 20.3 Å². The van der Waals surface area contributed by atoms with Crippen LogP contribution in [0.5, 0.6) is 0 Å². The number of rotatable bonds is 7. The number of hydrogen-bond donors (Lipinski definition) is 3. The summed E-state index contributed by atoms with van der Waals surface area (Å²) in [5.74, 6) is 0.714. The second-order valence-electron chi connectivity index (χ2n) is 7.62. The molecule has 160 valence electrons. The third-order valence-electron chi connectivity index (χ3n) is 4.13. The average Bonchev–Trinajstić information content (AvgIpc) is 2.55. The van der Waals surface area contributed by atoms with Gasteiger partial charge in [-0.15, -0.1) is 0 Å². The van der Waals surface area contributed by atoms with Crippen molar-refractivity contribution in [3.05, 3.63) is 0 Å². The van der Waals surface area contributed by atoms with E-state index in [1.165, 1.54) is 0 Å². The van der Waals surface area contributed by atoms with Gasteiger partial charge in [0.2, 0.25) is 0 Å². The van der Waals surface area contributed by atoms with Crippen LogP contribution < -0.4 is 16.0 Å². The fourth-order valence-electron chi connectivity index (χ4n) is 2.66. The van der Waals surface area contributed by atoms with E-state index in [0.717, 1.165) is 6.54 Å². The number of sulfonamides is 1. The number of alkyl halides is 3. The largest absolute Gasteiger partial charge is 0.511 e. The van der Waals surface area contributed by atoms with Gasteiger partial charge in [-0.1, -0.05) is 0 Å². The van der Waals surface area contributed by atoms with E-state index in [1.807, 2.05) is 6.92 Å². The molecule has 0 atom stereocenters. The Balaban J connectivity index is 2.48. The van der Waals surface area contributed by atoms with Crippen LogP contribution in [0, 0.1) is 5.92 Å². The van der Waals surface area contributed by atoms with Crippen LogP contribution in [0.1, 0.15) is 40.5 Å². The van der Waals surface area contributed by atoms with Gasteiger partial charge < -0.3 is 16.0 Å². The fourth-order valence-corrected chi connectivity index (χ4v) is 3.64. The lowest BCUT2D eigenvalue weighted by molar-refractivity contribution is -0.0496. The lowest BCUT2D eigenvalue weighted by atomic mass is 9.98. The molecule has 0 bridgehead atoms. The number of nitrogens with one attached hydrogen (secondary N) is 3. The van der Waals surface area contributed by atoms with Gasteiger partial charge >= 0.3 is 15.5 Å². The second kappa shape index (κ2) is 9.92. The van der Waals surface area contributed by atoms with Crippen molar-refractivity contribution in [2.24, 2.45) is 10.9 Å². The third-order valence-corrected chi connectivity index (χ3v) is 5.76. The zero-order valence-electron chi connectivity index (χ0n) is 16.5. The van der Waals surface area contributed by atoms with Gasteiger partial charge in [-0.25, -0.2) is 8.42 Å². The molecule has 1 rings (SSSR count). The molecule has 0 aliphatic carbocycles. The minimum absolute atomic E-state index is 0.0297. The molecular weight excluding hydrogens is 383 g/mol. The van der Waals surface area contributed by atoms with E-state index in [1.54, 1.807) is 0 Å². The molecule has 0 aromatic carbocycles. The summed E-state index contributed by atoms with van der Waals surface area (Å²) in [4.78, 5) is 4.48. The SMILES string of the molecule is CCNC(=NCC1CCN(S(=O)(=O)C(F)(F)F)CC1)NCCNC(C)(C)C. The Bertz CT molecular complexity index is 580. The van der Waals surface area contributed by atoms with Gasteiger partial charge in [-0.05, 0) is 46.5 Å². The minimum atomic E-state index is -5.23. The van der Waals surface area contributed by atoms with Crippen LogP contribution in [0.25, 0.3) is 0 Å². The zero-order chi connectivity index (χ0) is 20.7. The van der Waals surface area contributed by atoms with E-state index in [2.05, 4.69) is 41.7 Å².